The topological polar surface area (TPSA) is 40.6 Å². The molecular weight excluding hydrogens is 266 g/mol. The molecule has 2 aliphatic heterocycles. The average Bonchev–Trinajstić information content (AvgIpc) is 2.90. The number of nitrogens with zero attached hydrogens (tertiary/aromatic N) is 2. The number of carbonyl (C=O) groups is 2. The summed E-state index contributed by atoms with van der Waals surface area (Å²) in [5, 5.41) is 0. The van der Waals surface area contributed by atoms with Crippen molar-refractivity contribution < 1.29 is 18.4 Å². The van der Waals surface area contributed by atoms with Gasteiger partial charge >= 0.3 is 0 Å². The van der Waals surface area contributed by atoms with E-state index in [9.17, 15) is 18.4 Å². The summed E-state index contributed by atoms with van der Waals surface area (Å²) in [7, 11) is 0. The Morgan fingerprint density at radius 1 is 1.20 bits per heavy atom. The first-order chi connectivity index (χ1) is 9.50. The number of carbonyl (C=O) groups excluding carboxylic acids is 2. The lowest BCUT2D eigenvalue weighted by atomic mass is 10.0. The fourth-order valence-electron chi connectivity index (χ4n) is 2.99. The second kappa shape index (κ2) is 4.54. The van der Waals surface area contributed by atoms with Crippen LogP contribution < -0.4 is 4.90 Å². The van der Waals surface area contributed by atoms with Crippen molar-refractivity contribution in [3.63, 3.8) is 0 Å². The molecule has 0 radical (unpaired) electrons. The molecule has 4 nitrogen and oxygen atoms in total. The van der Waals surface area contributed by atoms with Crippen LogP contribution in [-0.4, -0.2) is 35.3 Å². The molecular formula is C14H14F2N2O2. The van der Waals surface area contributed by atoms with Gasteiger partial charge in [0.05, 0.1) is 5.69 Å². The maximum absolute atomic E-state index is 13.9. The van der Waals surface area contributed by atoms with E-state index in [0.29, 0.717) is 13.0 Å². The molecule has 0 N–H and O–H groups in total. The van der Waals surface area contributed by atoms with E-state index >= 15 is 0 Å². The average molecular weight is 280 g/mol. The molecule has 0 aliphatic carbocycles. The molecule has 2 fully saturated rings. The Hall–Kier alpha value is -1.98. The van der Waals surface area contributed by atoms with Gasteiger partial charge in [0.2, 0.25) is 5.91 Å². The van der Waals surface area contributed by atoms with Gasteiger partial charge in [-0.3, -0.25) is 14.5 Å². The zero-order valence-corrected chi connectivity index (χ0v) is 11.0. The highest BCUT2D eigenvalue weighted by Gasteiger charge is 2.47. The Bertz CT molecular complexity index is 591. The zero-order valence-electron chi connectivity index (χ0n) is 11.0. The van der Waals surface area contributed by atoms with Gasteiger partial charge in [-0.25, -0.2) is 8.78 Å². The van der Waals surface area contributed by atoms with Gasteiger partial charge in [0.25, 0.3) is 5.91 Å². The first-order valence-electron chi connectivity index (χ1n) is 6.59. The van der Waals surface area contributed by atoms with Crippen molar-refractivity contribution in [2.24, 2.45) is 0 Å². The van der Waals surface area contributed by atoms with E-state index in [0.717, 1.165) is 29.5 Å². The van der Waals surface area contributed by atoms with E-state index < -0.39 is 23.7 Å². The van der Waals surface area contributed by atoms with Crippen LogP contribution in [0.4, 0.5) is 14.5 Å². The van der Waals surface area contributed by atoms with E-state index in [-0.39, 0.29) is 17.5 Å². The Labute approximate surface area is 115 Å². The molecule has 2 aliphatic rings. The summed E-state index contributed by atoms with van der Waals surface area (Å²) in [5.41, 5.74) is -0.164. The second-order valence-corrected chi connectivity index (χ2v) is 5.17. The summed E-state index contributed by atoms with van der Waals surface area (Å²) >= 11 is 0. The highest BCUT2D eigenvalue weighted by atomic mass is 19.1. The summed E-state index contributed by atoms with van der Waals surface area (Å²) in [5.74, 6) is -1.89. The van der Waals surface area contributed by atoms with Gasteiger partial charge in [-0.15, -0.1) is 0 Å². The number of hydrogen-bond donors (Lipinski definition) is 0. The Balaban J connectivity index is 2.05. The smallest absolute Gasteiger partial charge is 0.250 e. The van der Waals surface area contributed by atoms with Gasteiger partial charge in [0.15, 0.2) is 0 Å². The highest BCUT2D eigenvalue weighted by molar-refractivity contribution is 6.08. The number of halogens is 2. The van der Waals surface area contributed by atoms with Gasteiger partial charge in [-0.1, -0.05) is 0 Å². The molecule has 2 amide bonds. The molecule has 2 heterocycles. The number of fused-ring (bicyclic) bond motifs is 1. The SMILES string of the molecule is CC1C(=O)N2CCCC2C(=O)N1c1cc(F)ccc1F. The van der Waals surface area contributed by atoms with Gasteiger partial charge in [-0.2, -0.15) is 0 Å². The van der Waals surface area contributed by atoms with Crippen LogP contribution in [0.5, 0.6) is 0 Å². The molecule has 1 aromatic carbocycles. The minimum Gasteiger partial charge on any atom is -0.329 e. The lowest BCUT2D eigenvalue weighted by Crippen LogP contribution is -2.62. The first kappa shape index (κ1) is 13.0. The fourth-order valence-corrected chi connectivity index (χ4v) is 2.99. The molecule has 20 heavy (non-hydrogen) atoms. The van der Waals surface area contributed by atoms with Crippen LogP contribution in [0.2, 0.25) is 0 Å². The summed E-state index contributed by atoms with van der Waals surface area (Å²) in [6.07, 6.45) is 1.33. The van der Waals surface area contributed by atoms with Gasteiger partial charge in [0, 0.05) is 12.6 Å². The van der Waals surface area contributed by atoms with Crippen LogP contribution in [0.25, 0.3) is 0 Å². The van der Waals surface area contributed by atoms with E-state index in [4.69, 9.17) is 0 Å². The highest BCUT2D eigenvalue weighted by Crippen LogP contribution is 2.32. The van der Waals surface area contributed by atoms with Gasteiger partial charge < -0.3 is 4.90 Å². The zero-order chi connectivity index (χ0) is 14.4. The monoisotopic (exact) mass is 280 g/mol. The predicted octanol–water partition coefficient (Wildman–Crippen LogP) is 1.69. The minimum atomic E-state index is -0.812. The molecule has 3 rings (SSSR count). The van der Waals surface area contributed by atoms with E-state index in [1.54, 1.807) is 11.8 Å². The van der Waals surface area contributed by atoms with Crippen LogP contribution in [0.3, 0.4) is 0 Å². The van der Waals surface area contributed by atoms with Crippen molar-refractivity contribution in [2.45, 2.75) is 31.8 Å². The molecule has 106 valence electrons. The Morgan fingerprint density at radius 3 is 2.70 bits per heavy atom. The molecule has 2 unspecified atom stereocenters. The van der Waals surface area contributed by atoms with Crippen molar-refractivity contribution >= 4 is 17.5 Å². The molecule has 0 aromatic heterocycles. The van der Waals surface area contributed by atoms with Crippen LogP contribution in [0.15, 0.2) is 18.2 Å². The van der Waals surface area contributed by atoms with E-state index in [2.05, 4.69) is 0 Å². The summed E-state index contributed by atoms with van der Waals surface area (Å²) in [6, 6.07) is 1.56. The number of hydrogen-bond acceptors (Lipinski definition) is 2. The molecule has 2 atom stereocenters. The van der Waals surface area contributed by atoms with Crippen molar-refractivity contribution in [1.29, 1.82) is 0 Å². The van der Waals surface area contributed by atoms with Gasteiger partial charge in [0.1, 0.15) is 23.7 Å². The first-order valence-corrected chi connectivity index (χ1v) is 6.59. The summed E-state index contributed by atoms with van der Waals surface area (Å²) < 4.78 is 27.2. The summed E-state index contributed by atoms with van der Waals surface area (Å²) in [4.78, 5) is 27.4. The van der Waals surface area contributed by atoms with Crippen molar-refractivity contribution in [2.75, 3.05) is 11.4 Å². The van der Waals surface area contributed by atoms with Gasteiger partial charge in [-0.05, 0) is 31.9 Å². The lowest BCUT2D eigenvalue weighted by molar-refractivity contribution is -0.143. The fraction of sp³-hybridized carbons (Fsp3) is 0.429. The number of amides is 2. The third-order valence-corrected chi connectivity index (χ3v) is 3.97. The Morgan fingerprint density at radius 2 is 1.95 bits per heavy atom. The number of piperazine rings is 1. The maximum atomic E-state index is 13.9. The molecule has 2 saturated heterocycles. The molecule has 6 heteroatoms. The summed E-state index contributed by atoms with van der Waals surface area (Å²) in [6.45, 7) is 2.10. The van der Waals surface area contributed by atoms with Crippen LogP contribution in [0, 0.1) is 11.6 Å². The van der Waals surface area contributed by atoms with Crippen LogP contribution in [0.1, 0.15) is 19.8 Å². The van der Waals surface area contributed by atoms with Crippen LogP contribution in [-0.2, 0) is 9.59 Å². The minimum absolute atomic E-state index is 0.164. The van der Waals surface area contributed by atoms with Crippen LogP contribution >= 0.6 is 0 Å². The lowest BCUT2D eigenvalue weighted by Gasteiger charge is -2.40. The predicted molar refractivity (Wildman–Crippen MR) is 68.0 cm³/mol. The number of rotatable bonds is 1. The third kappa shape index (κ3) is 1.78. The van der Waals surface area contributed by atoms with Crippen molar-refractivity contribution in [3.05, 3.63) is 29.8 Å². The van der Waals surface area contributed by atoms with Crippen molar-refractivity contribution in [1.82, 2.24) is 4.90 Å². The molecule has 0 bridgehead atoms. The van der Waals surface area contributed by atoms with E-state index in [1.165, 1.54) is 0 Å². The maximum Gasteiger partial charge on any atom is 0.250 e. The molecule has 1 aromatic rings. The quantitative estimate of drug-likeness (QED) is 0.785. The largest absolute Gasteiger partial charge is 0.329 e. The molecule has 0 spiro atoms. The number of benzene rings is 1. The normalized spacial score (nSPS) is 26.1. The van der Waals surface area contributed by atoms with Crippen molar-refractivity contribution in [3.8, 4) is 0 Å². The number of anilines is 1. The van der Waals surface area contributed by atoms with E-state index in [1.807, 2.05) is 0 Å². The molecule has 0 saturated carbocycles. The standard InChI is InChI=1S/C14H14F2N2O2/c1-8-13(19)17-6-2-3-11(17)14(20)18(8)12-7-9(15)4-5-10(12)16/h4-5,7-8,11H,2-3,6H2,1H3. The second-order valence-electron chi connectivity index (χ2n) is 5.17. The Kier molecular flexibility index (Phi) is 2.96. The third-order valence-electron chi connectivity index (χ3n) is 3.97.